The van der Waals surface area contributed by atoms with Crippen LogP contribution in [0.25, 0.3) is 0 Å². The SMILES string of the molecule is CCCC(=NOCCCCc1cccc(F)c1)C1=C(O)CC(CC(C)SCC)CC1=O. The van der Waals surface area contributed by atoms with E-state index in [2.05, 4.69) is 19.0 Å². The van der Waals surface area contributed by atoms with Crippen LogP contribution in [-0.2, 0) is 16.1 Å². The lowest BCUT2D eigenvalue weighted by Gasteiger charge is -2.26. The minimum Gasteiger partial charge on any atom is -0.511 e. The monoisotopic (exact) mass is 449 g/mol. The third-order valence-corrected chi connectivity index (χ3v) is 6.53. The van der Waals surface area contributed by atoms with Gasteiger partial charge in [0.1, 0.15) is 18.2 Å². The second-order valence-electron chi connectivity index (χ2n) is 8.23. The zero-order chi connectivity index (χ0) is 22.6. The summed E-state index contributed by atoms with van der Waals surface area (Å²) in [4.78, 5) is 18.3. The number of aliphatic hydroxyl groups is 1. The quantitative estimate of drug-likeness (QED) is 0.208. The molecule has 4 nitrogen and oxygen atoms in total. The van der Waals surface area contributed by atoms with Crippen molar-refractivity contribution in [1.29, 1.82) is 0 Å². The zero-order valence-corrected chi connectivity index (χ0v) is 19.8. The maximum atomic E-state index is 13.2. The van der Waals surface area contributed by atoms with Crippen LogP contribution in [0.2, 0.25) is 0 Å². The number of nitrogens with zero attached hydrogens (tertiary/aromatic N) is 1. The summed E-state index contributed by atoms with van der Waals surface area (Å²) in [5.74, 6) is 1.17. The summed E-state index contributed by atoms with van der Waals surface area (Å²) >= 11 is 1.89. The van der Waals surface area contributed by atoms with Gasteiger partial charge in [0.05, 0.1) is 11.3 Å². The van der Waals surface area contributed by atoms with E-state index in [1.807, 2.05) is 24.8 Å². The van der Waals surface area contributed by atoms with Crippen molar-refractivity contribution in [3.63, 3.8) is 0 Å². The molecule has 0 aromatic heterocycles. The van der Waals surface area contributed by atoms with E-state index >= 15 is 0 Å². The Bertz CT molecular complexity index is 778. The number of unbranched alkanes of at least 4 members (excludes halogenated alkanes) is 1. The first-order valence-corrected chi connectivity index (χ1v) is 12.5. The second kappa shape index (κ2) is 13.6. The van der Waals surface area contributed by atoms with Gasteiger partial charge in [-0.1, -0.05) is 44.5 Å². The predicted octanol–water partition coefficient (Wildman–Crippen LogP) is 6.64. The maximum absolute atomic E-state index is 13.2. The number of aliphatic hydroxyl groups excluding tert-OH is 1. The van der Waals surface area contributed by atoms with Crippen molar-refractivity contribution < 1.29 is 19.1 Å². The average Bonchev–Trinajstić information content (AvgIpc) is 2.70. The molecule has 0 amide bonds. The minimum absolute atomic E-state index is 0.0237. The van der Waals surface area contributed by atoms with Crippen LogP contribution in [0.3, 0.4) is 0 Å². The van der Waals surface area contributed by atoms with Gasteiger partial charge < -0.3 is 9.94 Å². The van der Waals surface area contributed by atoms with E-state index in [9.17, 15) is 14.3 Å². The summed E-state index contributed by atoms with van der Waals surface area (Å²) in [5.41, 5.74) is 1.90. The molecule has 2 unspecified atom stereocenters. The van der Waals surface area contributed by atoms with Crippen molar-refractivity contribution in [3.05, 3.63) is 47.0 Å². The van der Waals surface area contributed by atoms with Gasteiger partial charge in [-0.05, 0) is 61.5 Å². The lowest BCUT2D eigenvalue weighted by Crippen LogP contribution is -2.26. The van der Waals surface area contributed by atoms with Crippen molar-refractivity contribution in [2.45, 2.75) is 77.4 Å². The highest BCUT2D eigenvalue weighted by atomic mass is 32.2. The molecule has 0 radical (unpaired) electrons. The van der Waals surface area contributed by atoms with E-state index in [-0.39, 0.29) is 23.3 Å². The lowest BCUT2D eigenvalue weighted by atomic mass is 9.82. The summed E-state index contributed by atoms with van der Waals surface area (Å²) in [6.45, 7) is 6.77. The molecule has 0 bridgehead atoms. The molecule has 1 aromatic rings. The summed E-state index contributed by atoms with van der Waals surface area (Å²) in [6, 6.07) is 6.63. The van der Waals surface area contributed by atoms with Crippen molar-refractivity contribution in [1.82, 2.24) is 0 Å². The van der Waals surface area contributed by atoms with Crippen molar-refractivity contribution in [2.24, 2.45) is 11.1 Å². The Hall–Kier alpha value is -1.82. The van der Waals surface area contributed by atoms with Gasteiger partial charge >= 0.3 is 0 Å². The second-order valence-corrected chi connectivity index (χ2v) is 9.94. The lowest BCUT2D eigenvalue weighted by molar-refractivity contribution is -0.116. The van der Waals surface area contributed by atoms with E-state index in [4.69, 9.17) is 4.84 Å². The number of oxime groups is 1. The number of allylic oxidation sites excluding steroid dienone is 2. The summed E-state index contributed by atoms with van der Waals surface area (Å²) in [7, 11) is 0. The maximum Gasteiger partial charge on any atom is 0.168 e. The molecule has 0 heterocycles. The van der Waals surface area contributed by atoms with Gasteiger partial charge in [-0.2, -0.15) is 11.8 Å². The molecule has 6 heteroatoms. The summed E-state index contributed by atoms with van der Waals surface area (Å²) in [6.07, 6.45) is 5.78. The van der Waals surface area contributed by atoms with Crippen LogP contribution in [0.15, 0.2) is 40.8 Å². The Balaban J connectivity index is 1.89. The zero-order valence-electron chi connectivity index (χ0n) is 19.0. The smallest absolute Gasteiger partial charge is 0.168 e. The number of ketones is 1. The third kappa shape index (κ3) is 8.68. The van der Waals surface area contributed by atoms with Crippen LogP contribution >= 0.6 is 11.8 Å². The Morgan fingerprint density at radius 3 is 2.81 bits per heavy atom. The molecular weight excluding hydrogens is 413 g/mol. The number of benzene rings is 1. The van der Waals surface area contributed by atoms with E-state index in [1.54, 1.807) is 12.1 Å². The first-order valence-electron chi connectivity index (χ1n) is 11.4. The third-order valence-electron chi connectivity index (χ3n) is 5.43. The van der Waals surface area contributed by atoms with Gasteiger partial charge in [-0.15, -0.1) is 0 Å². The Morgan fingerprint density at radius 2 is 2.13 bits per heavy atom. The highest BCUT2D eigenvalue weighted by Crippen LogP contribution is 2.32. The average molecular weight is 450 g/mol. The van der Waals surface area contributed by atoms with Crippen LogP contribution in [-0.4, -0.2) is 34.2 Å². The number of aryl methyl sites for hydroxylation is 1. The number of hydrogen-bond acceptors (Lipinski definition) is 5. The molecular formula is C25H36FNO3S. The standard InChI is InChI=1S/C25H36FNO3S/c1-4-9-22(27-30-13-7-6-10-19-11-8-12-21(26)15-19)25-23(28)16-20(17-24(25)29)14-18(3)31-5-2/h8,11-12,15,18,20,28H,4-7,9-10,13-14,16-17H2,1-3H3. The fourth-order valence-corrected chi connectivity index (χ4v) is 5.03. The topological polar surface area (TPSA) is 58.9 Å². The molecule has 0 spiro atoms. The first kappa shape index (κ1) is 25.4. The number of halogens is 1. The van der Waals surface area contributed by atoms with Gasteiger partial charge in [0.2, 0.25) is 0 Å². The fourth-order valence-electron chi connectivity index (χ4n) is 4.05. The number of Topliss-reactive ketones (excluding diaryl/α,β-unsaturated/α-hetero) is 1. The molecule has 1 N–H and O–H groups in total. The van der Waals surface area contributed by atoms with Gasteiger partial charge in [0.25, 0.3) is 0 Å². The van der Waals surface area contributed by atoms with E-state index in [0.29, 0.717) is 42.4 Å². The molecule has 31 heavy (non-hydrogen) atoms. The fraction of sp³-hybridized carbons (Fsp3) is 0.600. The molecule has 1 aromatic carbocycles. The summed E-state index contributed by atoms with van der Waals surface area (Å²) < 4.78 is 13.2. The van der Waals surface area contributed by atoms with Gasteiger partial charge in [-0.25, -0.2) is 4.39 Å². The van der Waals surface area contributed by atoms with Crippen LogP contribution in [0.1, 0.15) is 71.3 Å². The minimum atomic E-state index is -0.214. The van der Waals surface area contributed by atoms with Crippen LogP contribution < -0.4 is 0 Å². The van der Waals surface area contributed by atoms with Gasteiger partial charge in [0.15, 0.2) is 5.78 Å². The molecule has 0 fully saturated rings. The molecule has 1 aliphatic rings. The molecule has 0 aliphatic heterocycles. The van der Waals surface area contributed by atoms with Gasteiger partial charge in [0, 0.05) is 18.1 Å². The van der Waals surface area contributed by atoms with E-state index in [0.717, 1.165) is 43.4 Å². The van der Waals surface area contributed by atoms with Crippen LogP contribution in [0.4, 0.5) is 4.39 Å². The number of rotatable bonds is 13. The molecule has 2 rings (SSSR count). The van der Waals surface area contributed by atoms with Crippen molar-refractivity contribution >= 4 is 23.3 Å². The molecule has 2 atom stereocenters. The first-order chi connectivity index (χ1) is 14.9. The van der Waals surface area contributed by atoms with Crippen LogP contribution in [0.5, 0.6) is 0 Å². The predicted molar refractivity (Wildman–Crippen MR) is 127 cm³/mol. The highest BCUT2D eigenvalue weighted by molar-refractivity contribution is 7.99. The molecule has 1 aliphatic carbocycles. The van der Waals surface area contributed by atoms with E-state index < -0.39 is 0 Å². The van der Waals surface area contributed by atoms with E-state index in [1.165, 1.54) is 6.07 Å². The number of carbonyl (C=O) groups excluding carboxylic acids is 1. The Kier molecular flexibility index (Phi) is 11.1. The molecule has 0 saturated heterocycles. The van der Waals surface area contributed by atoms with Crippen molar-refractivity contribution in [3.8, 4) is 0 Å². The molecule has 172 valence electrons. The largest absolute Gasteiger partial charge is 0.511 e. The molecule has 0 saturated carbocycles. The number of carbonyl (C=O) groups is 1. The van der Waals surface area contributed by atoms with Gasteiger partial charge in [-0.3, -0.25) is 4.79 Å². The van der Waals surface area contributed by atoms with Crippen LogP contribution in [0, 0.1) is 11.7 Å². The Morgan fingerprint density at radius 1 is 1.32 bits per heavy atom. The van der Waals surface area contributed by atoms with Crippen molar-refractivity contribution in [2.75, 3.05) is 12.4 Å². The Labute approximate surface area is 190 Å². The number of hydrogen-bond donors (Lipinski definition) is 1. The highest BCUT2D eigenvalue weighted by Gasteiger charge is 2.31. The summed E-state index contributed by atoms with van der Waals surface area (Å²) in [5, 5.41) is 15.3. The number of thioether (sulfide) groups is 1. The normalized spacial score (nSPS) is 18.4.